The van der Waals surface area contributed by atoms with E-state index >= 15 is 0 Å². The molecule has 0 saturated heterocycles. The molecule has 2 aromatic carbocycles. The Balaban J connectivity index is 1.96. The third-order valence-electron chi connectivity index (χ3n) is 3.62. The molecule has 1 aliphatic rings. The summed E-state index contributed by atoms with van der Waals surface area (Å²) >= 11 is 3.41. The van der Waals surface area contributed by atoms with E-state index in [4.69, 9.17) is 4.55 Å². The maximum Gasteiger partial charge on any atom is 0.264 e. The standard InChI is InChI=1S/C16H17NO3S3/c1-21-12-7-8-16-14(11-12)17(9-4-10-23(18,19)20)13-5-2-3-6-15(13)22-16/h2-3,5-8,11H,4,9-10H2,1H3,(H,18,19,20). The number of benzene rings is 2. The molecule has 1 N–H and O–H groups in total. The number of thioether (sulfide) groups is 1. The van der Waals surface area contributed by atoms with E-state index in [2.05, 4.69) is 29.2 Å². The molecule has 0 spiro atoms. The van der Waals surface area contributed by atoms with Crippen molar-refractivity contribution in [3.05, 3.63) is 42.5 Å². The maximum atomic E-state index is 11.0. The fraction of sp³-hybridized carbons (Fsp3) is 0.250. The molecular weight excluding hydrogens is 350 g/mol. The number of fused-ring (bicyclic) bond motifs is 2. The van der Waals surface area contributed by atoms with Crippen molar-refractivity contribution in [3.63, 3.8) is 0 Å². The van der Waals surface area contributed by atoms with Crippen molar-refractivity contribution in [2.45, 2.75) is 21.1 Å². The second-order valence-electron chi connectivity index (χ2n) is 5.19. The van der Waals surface area contributed by atoms with Gasteiger partial charge in [0.2, 0.25) is 0 Å². The van der Waals surface area contributed by atoms with Crippen LogP contribution in [0.3, 0.4) is 0 Å². The second-order valence-corrected chi connectivity index (χ2v) is 8.73. The van der Waals surface area contributed by atoms with Crippen molar-refractivity contribution in [3.8, 4) is 0 Å². The van der Waals surface area contributed by atoms with Crippen LogP contribution in [0.5, 0.6) is 0 Å². The van der Waals surface area contributed by atoms with Gasteiger partial charge in [-0.2, -0.15) is 8.42 Å². The SMILES string of the molecule is CSc1ccc2c(c1)N(CCCS(=O)(=O)O)c1ccccc1S2. The Morgan fingerprint density at radius 1 is 1.13 bits per heavy atom. The van der Waals surface area contributed by atoms with Crippen molar-refractivity contribution in [2.75, 3.05) is 23.5 Å². The zero-order chi connectivity index (χ0) is 16.4. The van der Waals surface area contributed by atoms with Crippen LogP contribution in [-0.4, -0.2) is 31.5 Å². The lowest BCUT2D eigenvalue weighted by molar-refractivity contribution is 0.481. The van der Waals surface area contributed by atoms with Crippen molar-refractivity contribution in [1.82, 2.24) is 0 Å². The molecule has 3 rings (SSSR count). The van der Waals surface area contributed by atoms with Gasteiger partial charge in [-0.25, -0.2) is 0 Å². The molecule has 0 fully saturated rings. The summed E-state index contributed by atoms with van der Waals surface area (Å²) in [5.74, 6) is -0.226. The van der Waals surface area contributed by atoms with E-state index in [0.717, 1.165) is 21.2 Å². The molecule has 0 radical (unpaired) electrons. The molecule has 0 unspecified atom stereocenters. The third kappa shape index (κ3) is 3.85. The van der Waals surface area contributed by atoms with Gasteiger partial charge in [0.1, 0.15) is 0 Å². The van der Waals surface area contributed by atoms with Gasteiger partial charge in [0, 0.05) is 21.2 Å². The summed E-state index contributed by atoms with van der Waals surface area (Å²) in [5, 5.41) is 0. The summed E-state index contributed by atoms with van der Waals surface area (Å²) in [6.07, 6.45) is 2.41. The van der Waals surface area contributed by atoms with Crippen LogP contribution in [0.4, 0.5) is 11.4 Å². The van der Waals surface area contributed by atoms with Crippen LogP contribution in [-0.2, 0) is 10.1 Å². The first-order chi connectivity index (χ1) is 11.0. The Morgan fingerprint density at radius 3 is 2.61 bits per heavy atom. The average Bonchev–Trinajstić information content (AvgIpc) is 2.52. The number of rotatable bonds is 5. The Morgan fingerprint density at radius 2 is 1.87 bits per heavy atom. The summed E-state index contributed by atoms with van der Waals surface area (Å²) in [4.78, 5) is 5.63. The zero-order valence-electron chi connectivity index (χ0n) is 12.6. The lowest BCUT2D eigenvalue weighted by Crippen LogP contribution is -2.23. The molecule has 2 aromatic rings. The summed E-state index contributed by atoms with van der Waals surface area (Å²) < 4.78 is 31.0. The van der Waals surface area contributed by atoms with E-state index in [1.807, 2.05) is 24.5 Å². The van der Waals surface area contributed by atoms with Crippen LogP contribution in [0.1, 0.15) is 6.42 Å². The monoisotopic (exact) mass is 367 g/mol. The van der Waals surface area contributed by atoms with Gasteiger partial charge in [-0.15, -0.1) is 11.8 Å². The maximum absolute atomic E-state index is 11.0. The van der Waals surface area contributed by atoms with Gasteiger partial charge in [-0.3, -0.25) is 4.55 Å². The average molecular weight is 368 g/mol. The molecule has 0 amide bonds. The molecule has 0 aliphatic carbocycles. The Hall–Kier alpha value is -1.15. The summed E-state index contributed by atoms with van der Waals surface area (Å²) in [7, 11) is -3.93. The Kier molecular flexibility index (Phi) is 4.91. The largest absolute Gasteiger partial charge is 0.340 e. The molecule has 7 heteroatoms. The van der Waals surface area contributed by atoms with E-state index in [-0.39, 0.29) is 5.75 Å². The summed E-state index contributed by atoms with van der Waals surface area (Å²) in [6.45, 7) is 0.544. The first-order valence-electron chi connectivity index (χ1n) is 7.15. The number of hydrogen-bond acceptors (Lipinski definition) is 5. The highest BCUT2D eigenvalue weighted by Gasteiger charge is 2.23. The van der Waals surface area contributed by atoms with Gasteiger partial charge in [-0.05, 0) is 43.0 Å². The zero-order valence-corrected chi connectivity index (χ0v) is 15.0. The van der Waals surface area contributed by atoms with E-state index in [0.29, 0.717) is 13.0 Å². The molecule has 23 heavy (non-hydrogen) atoms. The minimum atomic E-state index is -3.93. The topological polar surface area (TPSA) is 57.6 Å². The second kappa shape index (κ2) is 6.76. The molecule has 1 heterocycles. The van der Waals surface area contributed by atoms with Gasteiger partial charge in [0.15, 0.2) is 0 Å². The van der Waals surface area contributed by atoms with Gasteiger partial charge in [-0.1, -0.05) is 23.9 Å². The number of nitrogens with zero attached hydrogens (tertiary/aromatic N) is 1. The van der Waals surface area contributed by atoms with Crippen LogP contribution in [0.25, 0.3) is 0 Å². The van der Waals surface area contributed by atoms with E-state index in [9.17, 15) is 8.42 Å². The van der Waals surface area contributed by atoms with Crippen molar-refractivity contribution in [2.24, 2.45) is 0 Å². The quantitative estimate of drug-likeness (QED) is 0.628. The van der Waals surface area contributed by atoms with Crippen LogP contribution in [0.2, 0.25) is 0 Å². The predicted molar refractivity (Wildman–Crippen MR) is 96.8 cm³/mol. The minimum Gasteiger partial charge on any atom is -0.340 e. The first-order valence-corrected chi connectivity index (χ1v) is 10.8. The number of para-hydroxylation sites is 1. The molecule has 0 bridgehead atoms. The third-order valence-corrected chi connectivity index (χ3v) is 6.28. The molecule has 1 aliphatic heterocycles. The highest BCUT2D eigenvalue weighted by Crippen LogP contribution is 2.48. The van der Waals surface area contributed by atoms with E-state index < -0.39 is 10.1 Å². The lowest BCUT2D eigenvalue weighted by atomic mass is 10.2. The highest BCUT2D eigenvalue weighted by molar-refractivity contribution is 8.00. The van der Waals surface area contributed by atoms with Gasteiger partial charge >= 0.3 is 0 Å². The van der Waals surface area contributed by atoms with E-state index in [1.165, 1.54) is 4.90 Å². The molecule has 122 valence electrons. The van der Waals surface area contributed by atoms with Crippen molar-refractivity contribution in [1.29, 1.82) is 0 Å². The lowest BCUT2D eigenvalue weighted by Gasteiger charge is -2.33. The minimum absolute atomic E-state index is 0.226. The van der Waals surface area contributed by atoms with Gasteiger partial charge < -0.3 is 4.90 Å². The van der Waals surface area contributed by atoms with E-state index in [1.54, 1.807) is 23.5 Å². The molecule has 0 aromatic heterocycles. The van der Waals surface area contributed by atoms with Crippen molar-refractivity contribution >= 4 is 45.0 Å². The molecule has 4 nitrogen and oxygen atoms in total. The molecule has 0 atom stereocenters. The fourth-order valence-corrected chi connectivity index (χ4v) is 4.59. The number of anilines is 2. The van der Waals surface area contributed by atoms with Crippen LogP contribution >= 0.6 is 23.5 Å². The summed E-state index contributed by atoms with van der Waals surface area (Å²) in [5.41, 5.74) is 2.18. The van der Waals surface area contributed by atoms with Crippen LogP contribution < -0.4 is 4.90 Å². The smallest absolute Gasteiger partial charge is 0.264 e. The Labute approximate surface area is 145 Å². The first kappa shape index (κ1) is 16.7. The normalized spacial score (nSPS) is 13.6. The molecular formula is C16H17NO3S3. The van der Waals surface area contributed by atoms with Gasteiger partial charge in [0.25, 0.3) is 10.1 Å². The van der Waals surface area contributed by atoms with Crippen LogP contribution in [0.15, 0.2) is 57.2 Å². The van der Waals surface area contributed by atoms with Crippen LogP contribution in [0, 0.1) is 0 Å². The fourth-order valence-electron chi connectivity index (χ4n) is 2.58. The van der Waals surface area contributed by atoms with Gasteiger partial charge in [0.05, 0.1) is 17.1 Å². The Bertz CT molecular complexity index is 821. The predicted octanol–water partition coefficient (Wildman–Crippen LogP) is 4.29. The molecule has 0 saturated carbocycles. The summed E-state index contributed by atoms with van der Waals surface area (Å²) in [6, 6.07) is 14.4. The number of hydrogen-bond donors (Lipinski definition) is 1. The highest BCUT2D eigenvalue weighted by atomic mass is 32.2. The van der Waals surface area contributed by atoms with Crippen molar-refractivity contribution < 1.29 is 13.0 Å².